The lowest BCUT2D eigenvalue weighted by molar-refractivity contribution is -0.117. The van der Waals surface area contributed by atoms with Gasteiger partial charge in [-0.2, -0.15) is 0 Å². The van der Waals surface area contributed by atoms with Gasteiger partial charge < -0.3 is 10.2 Å². The zero-order valence-corrected chi connectivity index (χ0v) is 12.5. The summed E-state index contributed by atoms with van der Waals surface area (Å²) in [5.41, 5.74) is 2.42. The van der Waals surface area contributed by atoms with Crippen LogP contribution in [0.2, 0.25) is 0 Å². The average Bonchev–Trinajstić information content (AvgIpc) is 2.80. The quantitative estimate of drug-likeness (QED) is 0.867. The van der Waals surface area contributed by atoms with Gasteiger partial charge in [0.15, 0.2) is 0 Å². The standard InChI is InChI=1S/C15H19ClN2O2/c1-3-17-15(20)12-4-5-13(10(2)6-12)18-9-11(8-16)7-14(18)19/h4-6,11H,3,7-9H2,1-2H3,(H,17,20). The molecule has 0 bridgehead atoms. The third-order valence-corrected chi connectivity index (χ3v) is 3.95. The second kappa shape index (κ2) is 6.27. The Morgan fingerprint density at radius 1 is 1.50 bits per heavy atom. The number of alkyl halides is 1. The summed E-state index contributed by atoms with van der Waals surface area (Å²) in [6.07, 6.45) is 0.501. The molecular formula is C15H19ClN2O2. The Bertz CT molecular complexity index is 531. The van der Waals surface area contributed by atoms with Crippen molar-refractivity contribution >= 4 is 29.1 Å². The Balaban J connectivity index is 2.22. The number of aryl methyl sites for hydroxylation is 1. The first kappa shape index (κ1) is 14.9. The lowest BCUT2D eigenvalue weighted by atomic mass is 10.1. The SMILES string of the molecule is CCNC(=O)c1ccc(N2CC(CCl)CC2=O)c(C)c1. The molecule has 5 heteroatoms. The van der Waals surface area contributed by atoms with Gasteiger partial charge in [-0.3, -0.25) is 9.59 Å². The Labute approximate surface area is 124 Å². The predicted molar refractivity (Wildman–Crippen MR) is 80.4 cm³/mol. The number of anilines is 1. The van der Waals surface area contributed by atoms with E-state index < -0.39 is 0 Å². The maximum Gasteiger partial charge on any atom is 0.251 e. The van der Waals surface area contributed by atoms with Gasteiger partial charge in [0.25, 0.3) is 5.91 Å². The molecule has 1 aliphatic rings. The van der Waals surface area contributed by atoms with Crippen LogP contribution in [-0.2, 0) is 4.79 Å². The van der Waals surface area contributed by atoms with Crippen molar-refractivity contribution in [3.8, 4) is 0 Å². The fourth-order valence-electron chi connectivity index (χ4n) is 2.48. The normalized spacial score (nSPS) is 18.4. The number of nitrogens with zero attached hydrogens (tertiary/aromatic N) is 1. The van der Waals surface area contributed by atoms with E-state index >= 15 is 0 Å². The van der Waals surface area contributed by atoms with Gasteiger partial charge in [0.2, 0.25) is 5.91 Å². The molecule has 1 atom stereocenters. The molecular weight excluding hydrogens is 276 g/mol. The number of amides is 2. The topological polar surface area (TPSA) is 49.4 Å². The summed E-state index contributed by atoms with van der Waals surface area (Å²) < 4.78 is 0. The summed E-state index contributed by atoms with van der Waals surface area (Å²) >= 11 is 5.84. The molecule has 2 rings (SSSR count). The molecule has 1 aromatic rings. The highest BCUT2D eigenvalue weighted by Crippen LogP contribution is 2.29. The van der Waals surface area contributed by atoms with Crippen molar-refractivity contribution in [1.29, 1.82) is 0 Å². The molecule has 0 saturated carbocycles. The van der Waals surface area contributed by atoms with E-state index in [0.717, 1.165) is 11.3 Å². The van der Waals surface area contributed by atoms with E-state index in [2.05, 4.69) is 5.32 Å². The summed E-state index contributed by atoms with van der Waals surface area (Å²) in [4.78, 5) is 25.6. The first-order valence-corrected chi connectivity index (χ1v) is 7.35. The van der Waals surface area contributed by atoms with Gasteiger partial charge in [0, 0.05) is 36.6 Å². The van der Waals surface area contributed by atoms with E-state index in [9.17, 15) is 9.59 Å². The molecule has 4 nitrogen and oxygen atoms in total. The number of hydrogen-bond donors (Lipinski definition) is 1. The molecule has 1 saturated heterocycles. The van der Waals surface area contributed by atoms with Crippen molar-refractivity contribution < 1.29 is 9.59 Å². The minimum absolute atomic E-state index is 0.0893. The highest BCUT2D eigenvalue weighted by Gasteiger charge is 2.30. The third kappa shape index (κ3) is 2.96. The smallest absolute Gasteiger partial charge is 0.251 e. The second-order valence-electron chi connectivity index (χ2n) is 5.09. The summed E-state index contributed by atoms with van der Waals surface area (Å²) in [6.45, 7) is 5.05. The van der Waals surface area contributed by atoms with E-state index in [4.69, 9.17) is 11.6 Å². The van der Waals surface area contributed by atoms with Crippen LogP contribution >= 0.6 is 11.6 Å². The Kier molecular flexibility index (Phi) is 4.65. The van der Waals surface area contributed by atoms with Crippen molar-refractivity contribution in [1.82, 2.24) is 5.32 Å². The molecule has 0 radical (unpaired) electrons. The van der Waals surface area contributed by atoms with Crippen LogP contribution in [0.25, 0.3) is 0 Å². The summed E-state index contributed by atoms with van der Waals surface area (Å²) in [5.74, 6) is 0.725. The Morgan fingerprint density at radius 3 is 2.80 bits per heavy atom. The van der Waals surface area contributed by atoms with Gasteiger partial charge in [-0.1, -0.05) is 0 Å². The monoisotopic (exact) mass is 294 g/mol. The minimum Gasteiger partial charge on any atom is -0.352 e. The van der Waals surface area contributed by atoms with Crippen LogP contribution in [0.3, 0.4) is 0 Å². The number of carbonyl (C=O) groups is 2. The fraction of sp³-hybridized carbons (Fsp3) is 0.467. The van der Waals surface area contributed by atoms with E-state index in [1.807, 2.05) is 26.0 Å². The summed E-state index contributed by atoms with van der Waals surface area (Å²) in [7, 11) is 0. The summed E-state index contributed by atoms with van der Waals surface area (Å²) in [5, 5.41) is 2.77. The van der Waals surface area contributed by atoms with Crippen molar-refractivity contribution in [3.05, 3.63) is 29.3 Å². The Morgan fingerprint density at radius 2 is 2.25 bits per heavy atom. The van der Waals surface area contributed by atoms with E-state index in [0.29, 0.717) is 31.0 Å². The first-order valence-electron chi connectivity index (χ1n) is 6.82. The Hall–Kier alpha value is -1.55. The van der Waals surface area contributed by atoms with E-state index in [1.165, 1.54) is 0 Å². The molecule has 108 valence electrons. The highest BCUT2D eigenvalue weighted by molar-refractivity contribution is 6.18. The largest absolute Gasteiger partial charge is 0.352 e. The van der Waals surface area contributed by atoms with Gasteiger partial charge in [-0.05, 0) is 43.5 Å². The number of nitrogens with one attached hydrogen (secondary N) is 1. The average molecular weight is 295 g/mol. The van der Waals surface area contributed by atoms with Crippen LogP contribution in [0.15, 0.2) is 18.2 Å². The van der Waals surface area contributed by atoms with Crippen molar-refractivity contribution in [2.75, 3.05) is 23.9 Å². The number of rotatable bonds is 4. The van der Waals surface area contributed by atoms with Gasteiger partial charge in [0.1, 0.15) is 0 Å². The molecule has 1 aromatic carbocycles. The zero-order chi connectivity index (χ0) is 14.7. The molecule has 1 aliphatic heterocycles. The minimum atomic E-state index is -0.0893. The van der Waals surface area contributed by atoms with E-state index in [1.54, 1.807) is 11.0 Å². The van der Waals surface area contributed by atoms with Crippen LogP contribution in [0, 0.1) is 12.8 Å². The van der Waals surface area contributed by atoms with Crippen LogP contribution < -0.4 is 10.2 Å². The number of hydrogen-bond acceptors (Lipinski definition) is 2. The first-order chi connectivity index (χ1) is 9.56. The number of benzene rings is 1. The van der Waals surface area contributed by atoms with Crippen LogP contribution in [0.4, 0.5) is 5.69 Å². The molecule has 1 N–H and O–H groups in total. The van der Waals surface area contributed by atoms with Gasteiger partial charge >= 0.3 is 0 Å². The van der Waals surface area contributed by atoms with E-state index in [-0.39, 0.29) is 17.7 Å². The molecule has 2 amide bonds. The molecule has 20 heavy (non-hydrogen) atoms. The van der Waals surface area contributed by atoms with Gasteiger partial charge in [-0.15, -0.1) is 11.6 Å². The van der Waals surface area contributed by atoms with Gasteiger partial charge in [-0.25, -0.2) is 0 Å². The van der Waals surface area contributed by atoms with Gasteiger partial charge in [0.05, 0.1) is 0 Å². The van der Waals surface area contributed by atoms with Crippen molar-refractivity contribution in [3.63, 3.8) is 0 Å². The fourth-order valence-corrected chi connectivity index (χ4v) is 2.69. The maximum atomic E-state index is 12.0. The zero-order valence-electron chi connectivity index (χ0n) is 11.8. The lowest BCUT2D eigenvalue weighted by Crippen LogP contribution is -2.26. The predicted octanol–water partition coefficient (Wildman–Crippen LogP) is 2.34. The van der Waals surface area contributed by atoms with Crippen LogP contribution in [0.5, 0.6) is 0 Å². The molecule has 1 fully saturated rings. The molecule has 1 unspecified atom stereocenters. The second-order valence-corrected chi connectivity index (χ2v) is 5.40. The van der Waals surface area contributed by atoms with Crippen LogP contribution in [0.1, 0.15) is 29.3 Å². The molecule has 0 aliphatic carbocycles. The molecule has 0 spiro atoms. The number of carbonyl (C=O) groups excluding carboxylic acids is 2. The number of halogens is 1. The third-order valence-electron chi connectivity index (χ3n) is 3.51. The lowest BCUT2D eigenvalue weighted by Gasteiger charge is -2.19. The van der Waals surface area contributed by atoms with Crippen molar-refractivity contribution in [2.45, 2.75) is 20.3 Å². The summed E-state index contributed by atoms with van der Waals surface area (Å²) in [6, 6.07) is 5.42. The van der Waals surface area contributed by atoms with Crippen LogP contribution in [-0.4, -0.2) is 30.8 Å². The molecule has 1 heterocycles. The van der Waals surface area contributed by atoms with Crippen molar-refractivity contribution in [2.24, 2.45) is 5.92 Å². The molecule has 0 aromatic heterocycles. The maximum absolute atomic E-state index is 12.0. The highest BCUT2D eigenvalue weighted by atomic mass is 35.5.